The number of nitrogens with one attached hydrogen (secondary N) is 1. The molecule has 0 saturated heterocycles. The first kappa shape index (κ1) is 17.7. The summed E-state index contributed by atoms with van der Waals surface area (Å²) in [5.41, 5.74) is 3.19. The summed E-state index contributed by atoms with van der Waals surface area (Å²) in [6, 6.07) is 13.4. The van der Waals surface area contributed by atoms with Crippen LogP contribution in [0.25, 0.3) is 6.08 Å². The Kier molecular flexibility index (Phi) is 5.37. The number of hydrogen-bond donors (Lipinski definition) is 1. The number of nitrogens with zero attached hydrogens (tertiary/aromatic N) is 1. The summed E-state index contributed by atoms with van der Waals surface area (Å²) in [5, 5.41) is 2.84. The van der Waals surface area contributed by atoms with Gasteiger partial charge in [-0.25, -0.2) is 4.99 Å². The predicted molar refractivity (Wildman–Crippen MR) is 103 cm³/mol. The van der Waals surface area contributed by atoms with Crippen LogP contribution in [0.5, 0.6) is 11.5 Å². The number of amides is 1. The van der Waals surface area contributed by atoms with Crippen molar-refractivity contribution < 1.29 is 14.3 Å². The lowest BCUT2D eigenvalue weighted by molar-refractivity contribution is -0.115. The molecule has 0 aromatic heterocycles. The van der Waals surface area contributed by atoms with E-state index in [9.17, 15) is 4.79 Å². The predicted octanol–water partition coefficient (Wildman–Crippen LogP) is 3.71. The van der Waals surface area contributed by atoms with E-state index in [1.54, 1.807) is 6.08 Å². The number of benzene rings is 2. The van der Waals surface area contributed by atoms with Crippen LogP contribution < -0.4 is 14.8 Å². The van der Waals surface area contributed by atoms with Gasteiger partial charge >= 0.3 is 0 Å². The van der Waals surface area contributed by atoms with Crippen molar-refractivity contribution in [3.8, 4) is 11.5 Å². The molecule has 0 atom stereocenters. The Bertz CT molecular complexity index is 885. The highest BCUT2D eigenvalue weighted by molar-refractivity contribution is 6.20. The fraction of sp³-hybridized carbons (Fsp3) is 0.238. The minimum absolute atomic E-state index is 0.213. The summed E-state index contributed by atoms with van der Waals surface area (Å²) >= 11 is 0. The van der Waals surface area contributed by atoms with E-state index in [4.69, 9.17) is 9.47 Å². The molecule has 1 amide bonds. The number of carbonyl (C=O) groups excluding carboxylic acids is 1. The fourth-order valence-corrected chi connectivity index (χ4v) is 2.75. The van der Waals surface area contributed by atoms with Crippen LogP contribution in [0.1, 0.15) is 30.5 Å². The molecule has 3 rings (SSSR count). The van der Waals surface area contributed by atoms with Gasteiger partial charge < -0.3 is 14.8 Å². The largest absolute Gasteiger partial charge is 0.490 e. The average Bonchev–Trinajstić information content (AvgIpc) is 2.98. The van der Waals surface area contributed by atoms with Gasteiger partial charge in [0.05, 0.1) is 13.2 Å². The van der Waals surface area contributed by atoms with Crippen molar-refractivity contribution in [3.63, 3.8) is 0 Å². The van der Waals surface area contributed by atoms with Crippen molar-refractivity contribution in [2.75, 3.05) is 13.2 Å². The van der Waals surface area contributed by atoms with Gasteiger partial charge in [-0.05, 0) is 50.1 Å². The summed E-state index contributed by atoms with van der Waals surface area (Å²) < 4.78 is 11.2. The molecule has 1 N–H and O–H groups in total. The maximum atomic E-state index is 12.3. The normalized spacial score (nSPS) is 15.0. The zero-order valence-electron chi connectivity index (χ0n) is 15.2. The lowest BCUT2D eigenvalue weighted by atomic mass is 10.1. The van der Waals surface area contributed by atoms with Crippen LogP contribution in [0.3, 0.4) is 0 Å². The van der Waals surface area contributed by atoms with Gasteiger partial charge in [0.25, 0.3) is 5.91 Å². The minimum Gasteiger partial charge on any atom is -0.490 e. The van der Waals surface area contributed by atoms with E-state index in [0.717, 1.165) is 16.7 Å². The minimum atomic E-state index is -0.213. The van der Waals surface area contributed by atoms with Crippen molar-refractivity contribution in [2.45, 2.75) is 20.8 Å². The molecular weight excluding hydrogens is 328 g/mol. The third-order valence-corrected chi connectivity index (χ3v) is 3.97. The van der Waals surface area contributed by atoms with E-state index in [1.165, 1.54) is 0 Å². The molecule has 1 aliphatic rings. The molecule has 0 spiro atoms. The highest BCUT2D eigenvalue weighted by Gasteiger charge is 2.22. The third kappa shape index (κ3) is 3.77. The standard InChI is InChI=1S/C21H22N2O3/c1-4-25-18-11-10-15(13-19(18)26-5-2)12-17-21(24)23-20(22-17)16-9-7-6-8-14(16)3/h6-13H,4-5H2,1-3H3,(H,22,23,24)/b17-12-. The molecular formula is C21H22N2O3. The molecule has 1 heterocycles. The van der Waals surface area contributed by atoms with Crippen molar-refractivity contribution in [2.24, 2.45) is 4.99 Å². The summed E-state index contributed by atoms with van der Waals surface area (Å²) in [7, 11) is 0. The molecule has 134 valence electrons. The lowest BCUT2D eigenvalue weighted by Crippen LogP contribution is -2.25. The maximum absolute atomic E-state index is 12.3. The maximum Gasteiger partial charge on any atom is 0.275 e. The Labute approximate surface area is 153 Å². The van der Waals surface area contributed by atoms with Gasteiger partial charge in [-0.3, -0.25) is 4.79 Å². The van der Waals surface area contributed by atoms with Crippen molar-refractivity contribution in [1.82, 2.24) is 5.32 Å². The van der Waals surface area contributed by atoms with Crippen LogP contribution in [0, 0.1) is 6.92 Å². The van der Waals surface area contributed by atoms with Gasteiger partial charge in [-0.2, -0.15) is 0 Å². The van der Waals surface area contributed by atoms with Gasteiger partial charge in [0.2, 0.25) is 0 Å². The summed E-state index contributed by atoms with van der Waals surface area (Å²) in [6.45, 7) is 6.94. The van der Waals surface area contributed by atoms with Crippen LogP contribution in [0.15, 0.2) is 53.2 Å². The molecule has 5 nitrogen and oxygen atoms in total. The van der Waals surface area contributed by atoms with Crippen LogP contribution in [-0.2, 0) is 4.79 Å². The van der Waals surface area contributed by atoms with Crippen molar-refractivity contribution in [3.05, 3.63) is 64.9 Å². The smallest absolute Gasteiger partial charge is 0.275 e. The number of hydrogen-bond acceptors (Lipinski definition) is 4. The summed E-state index contributed by atoms with van der Waals surface area (Å²) in [5.74, 6) is 1.71. The van der Waals surface area contributed by atoms with E-state index < -0.39 is 0 Å². The Hall–Kier alpha value is -3.08. The lowest BCUT2D eigenvalue weighted by Gasteiger charge is -2.11. The fourth-order valence-electron chi connectivity index (χ4n) is 2.75. The number of rotatable bonds is 6. The van der Waals surface area contributed by atoms with Gasteiger partial charge in [0.1, 0.15) is 11.5 Å². The molecule has 5 heteroatoms. The van der Waals surface area contributed by atoms with Crippen LogP contribution in [-0.4, -0.2) is 25.0 Å². The average molecular weight is 350 g/mol. The van der Waals surface area contributed by atoms with E-state index in [1.807, 2.05) is 63.2 Å². The van der Waals surface area contributed by atoms with Gasteiger partial charge in [0.15, 0.2) is 11.5 Å². The molecule has 0 aliphatic carbocycles. The first-order chi connectivity index (χ1) is 12.6. The molecule has 1 aliphatic heterocycles. The van der Waals surface area contributed by atoms with E-state index in [-0.39, 0.29) is 5.91 Å². The molecule has 0 fully saturated rings. The highest BCUT2D eigenvalue weighted by Crippen LogP contribution is 2.30. The second kappa shape index (κ2) is 7.87. The molecule has 0 radical (unpaired) electrons. The molecule has 2 aromatic carbocycles. The Morgan fingerprint density at radius 3 is 2.50 bits per heavy atom. The zero-order chi connectivity index (χ0) is 18.5. The zero-order valence-corrected chi connectivity index (χ0v) is 15.2. The van der Waals surface area contributed by atoms with Crippen molar-refractivity contribution >= 4 is 17.8 Å². The molecule has 2 aromatic rings. The number of carbonyl (C=O) groups is 1. The Morgan fingerprint density at radius 1 is 1.04 bits per heavy atom. The van der Waals surface area contributed by atoms with Crippen molar-refractivity contribution in [1.29, 1.82) is 0 Å². The van der Waals surface area contributed by atoms with Crippen LogP contribution >= 0.6 is 0 Å². The molecule has 0 bridgehead atoms. The van der Waals surface area contributed by atoms with E-state index >= 15 is 0 Å². The Balaban J connectivity index is 1.93. The first-order valence-electron chi connectivity index (χ1n) is 8.69. The number of aryl methyl sites for hydroxylation is 1. The first-order valence-corrected chi connectivity index (χ1v) is 8.69. The van der Waals surface area contributed by atoms with Crippen LogP contribution in [0.4, 0.5) is 0 Å². The molecule has 26 heavy (non-hydrogen) atoms. The molecule has 0 saturated carbocycles. The topological polar surface area (TPSA) is 59.9 Å². The summed E-state index contributed by atoms with van der Waals surface area (Å²) in [4.78, 5) is 16.8. The van der Waals surface area contributed by atoms with E-state index in [0.29, 0.717) is 36.2 Å². The number of ether oxygens (including phenoxy) is 2. The SMILES string of the molecule is CCOc1ccc(/C=C2\N=C(c3ccccc3C)NC2=O)cc1OCC. The number of amidine groups is 1. The van der Waals surface area contributed by atoms with E-state index in [2.05, 4.69) is 10.3 Å². The van der Waals surface area contributed by atoms with Gasteiger partial charge in [-0.15, -0.1) is 0 Å². The van der Waals surface area contributed by atoms with Gasteiger partial charge in [-0.1, -0.05) is 30.3 Å². The quantitative estimate of drug-likeness (QED) is 0.808. The van der Waals surface area contributed by atoms with Crippen LogP contribution in [0.2, 0.25) is 0 Å². The second-order valence-electron chi connectivity index (χ2n) is 5.83. The highest BCUT2D eigenvalue weighted by atomic mass is 16.5. The molecule has 0 unspecified atom stereocenters. The van der Waals surface area contributed by atoms with Gasteiger partial charge in [0, 0.05) is 5.56 Å². The Morgan fingerprint density at radius 2 is 1.77 bits per heavy atom. The second-order valence-corrected chi connectivity index (χ2v) is 5.83. The monoisotopic (exact) mass is 350 g/mol. The third-order valence-electron chi connectivity index (χ3n) is 3.97. The summed E-state index contributed by atoms with van der Waals surface area (Å²) in [6.07, 6.45) is 1.75. The number of aliphatic imine (C=N–C) groups is 1.